The van der Waals surface area contributed by atoms with Crippen LogP contribution in [-0.4, -0.2) is 28.9 Å². The summed E-state index contributed by atoms with van der Waals surface area (Å²) in [5, 5.41) is 8.91. The van der Waals surface area contributed by atoms with Crippen molar-refractivity contribution < 1.29 is 0 Å². The zero-order chi connectivity index (χ0) is 19.9. The van der Waals surface area contributed by atoms with Crippen LogP contribution in [0.3, 0.4) is 0 Å². The van der Waals surface area contributed by atoms with Crippen LogP contribution in [0.5, 0.6) is 0 Å². The molecule has 0 bridgehead atoms. The van der Waals surface area contributed by atoms with Crippen LogP contribution in [-0.2, 0) is 13.0 Å². The third-order valence-electron chi connectivity index (χ3n) is 4.92. The van der Waals surface area contributed by atoms with Crippen molar-refractivity contribution in [3.05, 3.63) is 95.3 Å². The molecule has 5 nitrogen and oxygen atoms in total. The van der Waals surface area contributed by atoms with Crippen LogP contribution in [0.4, 0.5) is 0 Å². The second-order valence-corrected chi connectivity index (χ2v) is 7.80. The fourth-order valence-electron chi connectivity index (χ4n) is 3.41. The first-order chi connectivity index (χ1) is 14.3. The number of rotatable bonds is 7. The molecule has 1 unspecified atom stereocenters. The van der Waals surface area contributed by atoms with E-state index in [4.69, 9.17) is 0 Å². The summed E-state index contributed by atoms with van der Waals surface area (Å²) in [7, 11) is 1.80. The molecule has 0 radical (unpaired) electrons. The number of hydrogen-bond donors (Lipinski definition) is 2. The summed E-state index contributed by atoms with van der Waals surface area (Å²) in [4.78, 5) is 10.0. The number of fused-ring (bicyclic) bond motifs is 1. The molecule has 4 rings (SSSR count). The minimum Gasteiger partial charge on any atom is -0.356 e. The highest BCUT2D eigenvalue weighted by atomic mass is 32.1. The molecule has 6 heteroatoms. The number of nitrogens with one attached hydrogen (secondary N) is 2. The molecule has 2 heterocycles. The van der Waals surface area contributed by atoms with Crippen molar-refractivity contribution in [2.45, 2.75) is 18.9 Å². The van der Waals surface area contributed by atoms with Crippen molar-refractivity contribution in [3.8, 4) is 0 Å². The number of hydrogen-bond acceptors (Lipinski definition) is 3. The van der Waals surface area contributed by atoms with Crippen molar-refractivity contribution in [1.29, 1.82) is 0 Å². The Morgan fingerprint density at radius 3 is 2.55 bits per heavy atom. The largest absolute Gasteiger partial charge is 0.356 e. The second-order valence-electron chi connectivity index (χ2n) is 6.93. The van der Waals surface area contributed by atoms with Crippen molar-refractivity contribution in [3.63, 3.8) is 0 Å². The molecule has 2 aromatic heterocycles. The third kappa shape index (κ3) is 5.03. The van der Waals surface area contributed by atoms with Crippen molar-refractivity contribution in [1.82, 2.24) is 20.0 Å². The van der Waals surface area contributed by atoms with E-state index in [0.717, 1.165) is 29.6 Å². The van der Waals surface area contributed by atoms with E-state index >= 15 is 0 Å². The first kappa shape index (κ1) is 19.2. The Labute approximate surface area is 175 Å². The molecule has 0 saturated carbocycles. The number of benzene rings is 2. The highest BCUT2D eigenvalue weighted by Crippen LogP contribution is 2.20. The number of guanidine groups is 1. The van der Waals surface area contributed by atoms with Gasteiger partial charge in [0.1, 0.15) is 0 Å². The SMILES string of the molecule is CN=C(NCc1cn2ccsc2n1)NCC(Cc1ccccc1)c1ccccc1. The molecule has 2 aromatic carbocycles. The Bertz CT molecular complexity index is 1020. The van der Waals surface area contributed by atoms with Gasteiger partial charge in [-0.1, -0.05) is 60.7 Å². The lowest BCUT2D eigenvalue weighted by Gasteiger charge is -2.20. The summed E-state index contributed by atoms with van der Waals surface area (Å²) in [6.45, 7) is 1.44. The number of thiazole rings is 1. The molecule has 2 N–H and O–H groups in total. The fourth-order valence-corrected chi connectivity index (χ4v) is 4.13. The maximum Gasteiger partial charge on any atom is 0.193 e. The van der Waals surface area contributed by atoms with E-state index in [-0.39, 0.29) is 0 Å². The molecule has 29 heavy (non-hydrogen) atoms. The predicted octanol–water partition coefficient (Wildman–Crippen LogP) is 4.09. The van der Waals surface area contributed by atoms with Crippen LogP contribution in [0.25, 0.3) is 4.96 Å². The van der Waals surface area contributed by atoms with E-state index in [2.05, 4.69) is 81.3 Å². The lowest BCUT2D eigenvalue weighted by molar-refractivity contribution is 0.644. The zero-order valence-corrected chi connectivity index (χ0v) is 17.3. The highest BCUT2D eigenvalue weighted by molar-refractivity contribution is 7.15. The van der Waals surface area contributed by atoms with Crippen LogP contribution in [0.1, 0.15) is 22.7 Å². The fraction of sp³-hybridized carbons (Fsp3) is 0.217. The number of nitrogens with zero attached hydrogens (tertiary/aromatic N) is 3. The van der Waals surface area contributed by atoms with Gasteiger partial charge in [-0.25, -0.2) is 4.98 Å². The quantitative estimate of drug-likeness (QED) is 0.361. The molecule has 148 valence electrons. The maximum absolute atomic E-state index is 4.61. The van der Waals surface area contributed by atoms with E-state index in [1.165, 1.54) is 11.1 Å². The molecule has 0 amide bonds. The Kier molecular flexibility index (Phi) is 6.22. The summed E-state index contributed by atoms with van der Waals surface area (Å²) in [5.74, 6) is 1.14. The van der Waals surface area contributed by atoms with Gasteiger partial charge in [0.2, 0.25) is 0 Å². The van der Waals surface area contributed by atoms with Gasteiger partial charge in [-0.05, 0) is 17.5 Å². The Morgan fingerprint density at radius 1 is 1.07 bits per heavy atom. The van der Waals surface area contributed by atoms with Gasteiger partial charge in [0.15, 0.2) is 10.9 Å². The van der Waals surface area contributed by atoms with Gasteiger partial charge in [0.05, 0.1) is 12.2 Å². The summed E-state index contributed by atoms with van der Waals surface area (Å²) in [6, 6.07) is 21.3. The Balaban J connectivity index is 1.39. The average Bonchev–Trinajstić information content (AvgIpc) is 3.36. The lowest BCUT2D eigenvalue weighted by Crippen LogP contribution is -2.39. The molecule has 4 aromatic rings. The molecular weight excluding hydrogens is 378 g/mol. The summed E-state index contributed by atoms with van der Waals surface area (Å²) in [6.07, 6.45) is 5.05. The smallest absolute Gasteiger partial charge is 0.193 e. The first-order valence-corrected chi connectivity index (χ1v) is 10.6. The van der Waals surface area contributed by atoms with Gasteiger partial charge in [-0.2, -0.15) is 0 Å². The summed E-state index contributed by atoms with van der Waals surface area (Å²) < 4.78 is 2.04. The molecular formula is C23H25N5S. The van der Waals surface area contributed by atoms with Crippen molar-refractivity contribution >= 4 is 22.3 Å². The minimum atomic E-state index is 0.357. The lowest BCUT2D eigenvalue weighted by atomic mass is 9.92. The molecule has 1 atom stereocenters. The van der Waals surface area contributed by atoms with Crippen LogP contribution >= 0.6 is 11.3 Å². The van der Waals surface area contributed by atoms with Crippen LogP contribution in [0, 0.1) is 0 Å². The molecule has 0 spiro atoms. The van der Waals surface area contributed by atoms with Gasteiger partial charge in [0.25, 0.3) is 0 Å². The molecule has 0 aliphatic heterocycles. The van der Waals surface area contributed by atoms with Crippen LogP contribution in [0.2, 0.25) is 0 Å². The van der Waals surface area contributed by atoms with Crippen LogP contribution in [0.15, 0.2) is 83.4 Å². The Morgan fingerprint density at radius 2 is 1.83 bits per heavy atom. The second kappa shape index (κ2) is 9.39. The summed E-state index contributed by atoms with van der Waals surface area (Å²) >= 11 is 1.64. The van der Waals surface area contributed by atoms with E-state index in [9.17, 15) is 0 Å². The van der Waals surface area contributed by atoms with E-state index < -0.39 is 0 Å². The molecule has 0 fully saturated rings. The monoisotopic (exact) mass is 403 g/mol. The number of aliphatic imine (C=N–C) groups is 1. The van der Waals surface area contributed by atoms with E-state index in [1.54, 1.807) is 18.4 Å². The average molecular weight is 404 g/mol. The van der Waals surface area contributed by atoms with Gasteiger partial charge in [-0.3, -0.25) is 9.39 Å². The van der Waals surface area contributed by atoms with Crippen LogP contribution < -0.4 is 10.6 Å². The third-order valence-corrected chi connectivity index (χ3v) is 5.69. The first-order valence-electron chi connectivity index (χ1n) is 9.76. The van der Waals surface area contributed by atoms with Crippen molar-refractivity contribution in [2.75, 3.05) is 13.6 Å². The van der Waals surface area contributed by atoms with E-state index in [0.29, 0.717) is 12.5 Å². The number of aromatic nitrogens is 2. The highest BCUT2D eigenvalue weighted by Gasteiger charge is 2.13. The molecule has 0 saturated heterocycles. The topological polar surface area (TPSA) is 53.7 Å². The summed E-state index contributed by atoms with van der Waals surface area (Å²) in [5.41, 5.74) is 3.67. The molecule has 0 aliphatic rings. The predicted molar refractivity (Wildman–Crippen MR) is 121 cm³/mol. The van der Waals surface area contributed by atoms with Crippen molar-refractivity contribution in [2.24, 2.45) is 4.99 Å². The van der Waals surface area contributed by atoms with E-state index in [1.807, 2.05) is 22.2 Å². The normalized spacial score (nSPS) is 12.8. The maximum atomic E-state index is 4.61. The van der Waals surface area contributed by atoms with Gasteiger partial charge < -0.3 is 10.6 Å². The van der Waals surface area contributed by atoms with Gasteiger partial charge in [0, 0.05) is 37.3 Å². The van der Waals surface area contributed by atoms with Gasteiger partial charge >= 0.3 is 0 Å². The van der Waals surface area contributed by atoms with Gasteiger partial charge in [-0.15, -0.1) is 11.3 Å². The minimum absolute atomic E-state index is 0.357. The number of imidazole rings is 1. The molecule has 0 aliphatic carbocycles. The Hall–Kier alpha value is -3.12. The standard InChI is InChI=1S/C23H25N5S/c1-24-22(26-16-21-17-28-12-13-29-23(28)27-21)25-15-20(19-10-6-3-7-11-19)14-18-8-4-2-5-9-18/h2-13,17,20H,14-16H2,1H3,(H2,24,25,26). The zero-order valence-electron chi connectivity index (χ0n) is 16.5.